The third kappa shape index (κ3) is 3.72. The number of carbonyl (C=O) groups is 1. The number of nitriles is 1. The van der Waals surface area contributed by atoms with Gasteiger partial charge in [-0.2, -0.15) is 5.26 Å². The predicted octanol–water partition coefficient (Wildman–Crippen LogP) is 1.45. The lowest BCUT2D eigenvalue weighted by molar-refractivity contribution is -0.384. The second kappa shape index (κ2) is 7.07. The summed E-state index contributed by atoms with van der Waals surface area (Å²) in [6, 6.07) is 7.11. The SMILES string of the molecule is N#CC1CCCN1C(=O)[C@@H](N)[C@H]1C[C@@H]1COc1ccc([N+](=O)[O-])cc1. The van der Waals surface area contributed by atoms with Gasteiger partial charge in [-0.1, -0.05) is 0 Å². The Morgan fingerprint density at radius 3 is 2.84 bits per heavy atom. The van der Waals surface area contributed by atoms with E-state index in [2.05, 4.69) is 6.07 Å². The van der Waals surface area contributed by atoms with Crippen molar-refractivity contribution in [1.29, 1.82) is 5.26 Å². The highest BCUT2D eigenvalue weighted by atomic mass is 16.6. The third-order valence-electron chi connectivity index (χ3n) is 4.92. The summed E-state index contributed by atoms with van der Waals surface area (Å²) < 4.78 is 5.64. The van der Waals surface area contributed by atoms with Crippen LogP contribution in [0.25, 0.3) is 0 Å². The fraction of sp³-hybridized carbons (Fsp3) is 0.529. The minimum Gasteiger partial charge on any atom is -0.493 e. The van der Waals surface area contributed by atoms with Gasteiger partial charge in [0.05, 0.1) is 23.6 Å². The molecule has 0 radical (unpaired) electrons. The van der Waals surface area contributed by atoms with Crippen LogP contribution in [0.1, 0.15) is 19.3 Å². The van der Waals surface area contributed by atoms with Crippen molar-refractivity contribution in [3.05, 3.63) is 34.4 Å². The summed E-state index contributed by atoms with van der Waals surface area (Å²) in [7, 11) is 0. The van der Waals surface area contributed by atoms with Gasteiger partial charge in [0.2, 0.25) is 5.91 Å². The first kappa shape index (κ1) is 17.2. The molecule has 1 saturated heterocycles. The second-order valence-corrected chi connectivity index (χ2v) is 6.57. The number of hydrogen-bond acceptors (Lipinski definition) is 6. The molecule has 1 aliphatic heterocycles. The third-order valence-corrected chi connectivity index (χ3v) is 4.92. The molecule has 25 heavy (non-hydrogen) atoms. The first-order valence-electron chi connectivity index (χ1n) is 8.34. The van der Waals surface area contributed by atoms with E-state index in [0.717, 1.165) is 12.8 Å². The summed E-state index contributed by atoms with van der Waals surface area (Å²) in [5.41, 5.74) is 6.12. The van der Waals surface area contributed by atoms with Crippen LogP contribution in [0.15, 0.2) is 24.3 Å². The van der Waals surface area contributed by atoms with Crippen LogP contribution >= 0.6 is 0 Å². The highest BCUT2D eigenvalue weighted by Crippen LogP contribution is 2.41. The Balaban J connectivity index is 1.48. The summed E-state index contributed by atoms with van der Waals surface area (Å²) in [5.74, 6) is 0.662. The molecule has 8 nitrogen and oxygen atoms in total. The zero-order chi connectivity index (χ0) is 18.0. The van der Waals surface area contributed by atoms with Crippen molar-refractivity contribution in [3.8, 4) is 11.8 Å². The standard InChI is InChI=1S/C17H20N4O4/c18-9-13-2-1-7-20(13)17(22)16(19)15-8-11(15)10-25-14-5-3-12(4-6-14)21(23)24/h3-6,11,13,15-16H,1-2,7-8,10,19H2/t11-,13?,15+,16+/m1/s1. The molecule has 1 aromatic rings. The first-order chi connectivity index (χ1) is 12.0. The van der Waals surface area contributed by atoms with E-state index in [1.54, 1.807) is 17.0 Å². The first-order valence-corrected chi connectivity index (χ1v) is 8.34. The van der Waals surface area contributed by atoms with E-state index in [0.29, 0.717) is 25.3 Å². The summed E-state index contributed by atoms with van der Waals surface area (Å²) >= 11 is 0. The van der Waals surface area contributed by atoms with Crippen LogP contribution in [0.3, 0.4) is 0 Å². The number of nitro groups is 1. The Hall–Kier alpha value is -2.66. The molecule has 1 amide bonds. The highest BCUT2D eigenvalue weighted by molar-refractivity contribution is 5.83. The molecule has 2 fully saturated rings. The zero-order valence-electron chi connectivity index (χ0n) is 13.7. The van der Waals surface area contributed by atoms with Crippen molar-refractivity contribution in [3.63, 3.8) is 0 Å². The van der Waals surface area contributed by atoms with Crippen molar-refractivity contribution in [2.75, 3.05) is 13.2 Å². The average molecular weight is 344 g/mol. The maximum Gasteiger partial charge on any atom is 0.269 e. The van der Waals surface area contributed by atoms with E-state index in [-0.39, 0.29) is 29.5 Å². The van der Waals surface area contributed by atoms with Crippen LogP contribution in [0.4, 0.5) is 5.69 Å². The van der Waals surface area contributed by atoms with Gasteiger partial charge in [-0.05, 0) is 43.2 Å². The lowest BCUT2D eigenvalue weighted by atomic mass is 10.1. The van der Waals surface area contributed by atoms with Gasteiger partial charge < -0.3 is 15.4 Å². The van der Waals surface area contributed by atoms with Gasteiger partial charge in [0.15, 0.2) is 0 Å². The van der Waals surface area contributed by atoms with Crippen LogP contribution in [-0.2, 0) is 4.79 Å². The zero-order valence-corrected chi connectivity index (χ0v) is 13.7. The van der Waals surface area contributed by atoms with Crippen molar-refractivity contribution < 1.29 is 14.5 Å². The number of carbonyl (C=O) groups excluding carboxylic acids is 1. The van der Waals surface area contributed by atoms with Crippen molar-refractivity contribution in [1.82, 2.24) is 4.90 Å². The molecule has 1 heterocycles. The normalized spacial score (nSPS) is 25.9. The maximum absolute atomic E-state index is 12.5. The number of benzene rings is 1. The molecule has 0 aromatic heterocycles. The second-order valence-electron chi connectivity index (χ2n) is 6.57. The number of rotatable bonds is 6. The number of nitrogens with two attached hydrogens (primary N) is 1. The molecule has 1 aliphatic carbocycles. The minimum atomic E-state index is -0.598. The molecule has 8 heteroatoms. The van der Waals surface area contributed by atoms with Crippen LogP contribution in [0, 0.1) is 33.3 Å². The van der Waals surface area contributed by atoms with Gasteiger partial charge in [0, 0.05) is 18.7 Å². The predicted molar refractivity (Wildman–Crippen MR) is 88.5 cm³/mol. The van der Waals surface area contributed by atoms with E-state index >= 15 is 0 Å². The average Bonchev–Trinajstić information content (AvgIpc) is 3.24. The van der Waals surface area contributed by atoms with Gasteiger partial charge in [-0.15, -0.1) is 0 Å². The number of likely N-dealkylation sites (tertiary alicyclic amines) is 1. The molecule has 1 saturated carbocycles. The molecule has 3 rings (SSSR count). The molecule has 0 bridgehead atoms. The summed E-state index contributed by atoms with van der Waals surface area (Å²) in [5, 5.41) is 19.7. The summed E-state index contributed by atoms with van der Waals surface area (Å²) in [6.07, 6.45) is 2.37. The molecule has 1 unspecified atom stereocenters. The minimum absolute atomic E-state index is 0.0157. The molecule has 2 aliphatic rings. The van der Waals surface area contributed by atoms with Crippen LogP contribution in [0.2, 0.25) is 0 Å². The number of ether oxygens (including phenoxy) is 1. The van der Waals surface area contributed by atoms with Crippen LogP contribution in [0.5, 0.6) is 5.75 Å². The Morgan fingerprint density at radius 1 is 1.48 bits per heavy atom. The largest absolute Gasteiger partial charge is 0.493 e. The summed E-state index contributed by atoms with van der Waals surface area (Å²) in [4.78, 5) is 24.2. The van der Waals surface area contributed by atoms with Crippen molar-refractivity contribution >= 4 is 11.6 Å². The topological polar surface area (TPSA) is 122 Å². The Bertz CT molecular complexity index is 700. The van der Waals surface area contributed by atoms with Gasteiger partial charge in [0.25, 0.3) is 5.69 Å². The highest BCUT2D eigenvalue weighted by Gasteiger charge is 2.47. The Labute approximate surface area is 145 Å². The van der Waals surface area contributed by atoms with Crippen LogP contribution in [-0.4, -0.2) is 41.0 Å². The van der Waals surface area contributed by atoms with Crippen molar-refractivity contribution in [2.45, 2.75) is 31.3 Å². The number of amides is 1. The monoisotopic (exact) mass is 344 g/mol. The number of hydrogen-bond donors (Lipinski definition) is 1. The van der Waals surface area contributed by atoms with Crippen molar-refractivity contribution in [2.24, 2.45) is 17.6 Å². The van der Waals surface area contributed by atoms with E-state index in [9.17, 15) is 14.9 Å². The quantitative estimate of drug-likeness (QED) is 0.615. The van der Waals surface area contributed by atoms with E-state index in [4.69, 9.17) is 15.7 Å². The molecule has 2 N–H and O–H groups in total. The molecule has 0 spiro atoms. The molecular weight excluding hydrogens is 324 g/mol. The number of non-ortho nitro benzene ring substituents is 1. The summed E-state index contributed by atoms with van der Waals surface area (Å²) in [6.45, 7) is 1.02. The molecule has 4 atom stereocenters. The number of nitro benzene ring substituents is 1. The van der Waals surface area contributed by atoms with Gasteiger partial charge >= 0.3 is 0 Å². The van der Waals surface area contributed by atoms with E-state index < -0.39 is 11.0 Å². The van der Waals surface area contributed by atoms with Gasteiger partial charge in [0.1, 0.15) is 11.8 Å². The van der Waals surface area contributed by atoms with E-state index in [1.165, 1.54) is 12.1 Å². The van der Waals surface area contributed by atoms with Crippen LogP contribution < -0.4 is 10.5 Å². The Morgan fingerprint density at radius 2 is 2.20 bits per heavy atom. The number of nitrogens with zero attached hydrogens (tertiary/aromatic N) is 3. The Kier molecular flexibility index (Phi) is 4.86. The van der Waals surface area contributed by atoms with Gasteiger partial charge in [-0.25, -0.2) is 0 Å². The fourth-order valence-electron chi connectivity index (χ4n) is 3.31. The smallest absolute Gasteiger partial charge is 0.269 e. The lowest BCUT2D eigenvalue weighted by Crippen LogP contribution is -2.47. The van der Waals surface area contributed by atoms with E-state index in [1.807, 2.05) is 0 Å². The fourth-order valence-corrected chi connectivity index (χ4v) is 3.31. The lowest BCUT2D eigenvalue weighted by Gasteiger charge is -2.23. The molecule has 1 aromatic carbocycles. The maximum atomic E-state index is 12.5. The van der Waals surface area contributed by atoms with Gasteiger partial charge in [-0.3, -0.25) is 14.9 Å². The molecule has 132 valence electrons. The molecular formula is C17H20N4O4.